The molecule has 6 nitrogen and oxygen atoms in total. The number of carbonyl (C=O) groups excluding carboxylic acids is 2. The third-order valence-corrected chi connectivity index (χ3v) is 12.0. The van der Waals surface area contributed by atoms with Crippen molar-refractivity contribution in [2.75, 3.05) is 0 Å². The van der Waals surface area contributed by atoms with Crippen LogP contribution in [0.2, 0.25) is 0 Å². The molecule has 6 heteroatoms. The van der Waals surface area contributed by atoms with Crippen molar-refractivity contribution < 1.29 is 29.0 Å². The number of carbonyl (C=O) groups is 3. The fourth-order valence-electron chi connectivity index (χ4n) is 9.52. The number of carboxylic acid groups (broad SMARTS) is 1. The van der Waals surface area contributed by atoms with Gasteiger partial charge in [0, 0.05) is 30.3 Å². The molecule has 4 aliphatic carbocycles. The van der Waals surface area contributed by atoms with E-state index < -0.39 is 5.97 Å². The van der Waals surface area contributed by atoms with Gasteiger partial charge in [-0.05, 0) is 91.6 Å². The highest BCUT2D eigenvalue weighted by Crippen LogP contribution is 2.72. The second kappa shape index (κ2) is 10.5. The molecule has 0 unspecified atom stereocenters. The van der Waals surface area contributed by atoms with E-state index in [0.29, 0.717) is 23.3 Å². The highest BCUT2D eigenvalue weighted by Gasteiger charge is 2.67. The Morgan fingerprint density at radius 3 is 2.23 bits per heavy atom. The Balaban J connectivity index is 1.71. The van der Waals surface area contributed by atoms with Crippen molar-refractivity contribution in [2.45, 2.75) is 119 Å². The van der Waals surface area contributed by atoms with Crippen LogP contribution in [0.3, 0.4) is 0 Å². The summed E-state index contributed by atoms with van der Waals surface area (Å²) in [5, 5.41) is 9.25. The Morgan fingerprint density at radius 2 is 1.62 bits per heavy atom. The van der Waals surface area contributed by atoms with Gasteiger partial charge in [-0.3, -0.25) is 9.59 Å². The van der Waals surface area contributed by atoms with Crippen LogP contribution in [0, 0.1) is 39.4 Å². The number of fused-ring (bicyclic) bond motifs is 5. The van der Waals surface area contributed by atoms with Crippen molar-refractivity contribution in [3.63, 3.8) is 0 Å². The lowest BCUT2D eigenvalue weighted by Gasteiger charge is -2.61. The molecular formula is C34H50O6. The summed E-state index contributed by atoms with van der Waals surface area (Å²) in [7, 11) is 0. The quantitative estimate of drug-likeness (QED) is 0.260. The first-order valence-electron chi connectivity index (χ1n) is 15.2. The lowest BCUT2D eigenvalue weighted by molar-refractivity contribution is -0.166. The number of ether oxygens (including phenoxy) is 2. The lowest BCUT2D eigenvalue weighted by Crippen LogP contribution is -2.56. The Morgan fingerprint density at radius 1 is 1.00 bits per heavy atom. The van der Waals surface area contributed by atoms with Gasteiger partial charge in [-0.15, -0.1) is 0 Å². The van der Waals surface area contributed by atoms with Crippen LogP contribution in [-0.2, 0) is 23.9 Å². The zero-order valence-corrected chi connectivity index (χ0v) is 26.1. The van der Waals surface area contributed by atoms with E-state index in [4.69, 9.17) is 9.47 Å². The second-order valence-electron chi connectivity index (χ2n) is 14.4. The number of allylic oxidation sites excluding steroid dienone is 4. The van der Waals surface area contributed by atoms with Gasteiger partial charge in [-0.2, -0.15) is 0 Å². The van der Waals surface area contributed by atoms with Crippen molar-refractivity contribution in [3.8, 4) is 0 Å². The summed E-state index contributed by atoms with van der Waals surface area (Å²) in [6, 6.07) is 0. The summed E-state index contributed by atoms with van der Waals surface area (Å²) < 4.78 is 12.0. The first kappa shape index (κ1) is 30.6. The van der Waals surface area contributed by atoms with Crippen molar-refractivity contribution in [1.82, 2.24) is 0 Å². The third-order valence-electron chi connectivity index (χ3n) is 12.0. The highest BCUT2D eigenvalue weighted by molar-refractivity contribution is 5.85. The molecule has 0 aromatic carbocycles. The number of carboxylic acids is 1. The van der Waals surface area contributed by atoms with Crippen LogP contribution in [0.25, 0.3) is 0 Å². The van der Waals surface area contributed by atoms with Gasteiger partial charge >= 0.3 is 17.9 Å². The average Bonchev–Trinajstić information content (AvgIpc) is 3.07. The standard InChI is InChI=1S/C34H50O6/c1-20(11-10-12-21(2)30(37)38)26-19-29(40-23(4)36)34(9)25-13-14-27-31(5,6)28(39-22(3)35)16-17-32(27,7)24(25)15-18-33(26,34)8/h12-13,15,20,26-29H,10-11,14,16-19H2,1-9H3,(H,37,38)/b21-12-/t20-,26-,27+,28-,29+,32-,33-,34-/m1/s1. The summed E-state index contributed by atoms with van der Waals surface area (Å²) in [5.74, 6) is -0.286. The average molecular weight is 555 g/mol. The van der Waals surface area contributed by atoms with Crippen molar-refractivity contribution >= 4 is 17.9 Å². The van der Waals surface area contributed by atoms with Crippen molar-refractivity contribution in [1.29, 1.82) is 0 Å². The minimum absolute atomic E-state index is 0.0435. The number of hydrogen-bond donors (Lipinski definition) is 1. The molecule has 0 aromatic heterocycles. The second-order valence-corrected chi connectivity index (χ2v) is 14.4. The van der Waals surface area contributed by atoms with Crippen LogP contribution in [0.4, 0.5) is 0 Å². The molecule has 0 amide bonds. The molecule has 8 atom stereocenters. The maximum absolute atomic E-state index is 12.4. The van der Waals surface area contributed by atoms with Crippen molar-refractivity contribution in [2.24, 2.45) is 39.4 Å². The molecular weight excluding hydrogens is 504 g/mol. The van der Waals surface area contributed by atoms with Crippen LogP contribution in [0.15, 0.2) is 34.9 Å². The predicted molar refractivity (Wildman–Crippen MR) is 155 cm³/mol. The molecule has 222 valence electrons. The van der Waals surface area contributed by atoms with Gasteiger partial charge in [-0.25, -0.2) is 4.79 Å². The molecule has 1 N–H and O–H groups in total. The molecule has 4 rings (SSSR count). The largest absolute Gasteiger partial charge is 0.478 e. The zero-order valence-electron chi connectivity index (χ0n) is 26.1. The number of esters is 2. The molecule has 0 heterocycles. The van der Waals surface area contributed by atoms with Gasteiger partial charge in [0.15, 0.2) is 0 Å². The minimum Gasteiger partial charge on any atom is -0.478 e. The van der Waals surface area contributed by atoms with Gasteiger partial charge in [0.05, 0.1) is 0 Å². The molecule has 0 aliphatic heterocycles. The number of aliphatic carboxylic acids is 1. The van der Waals surface area contributed by atoms with Crippen LogP contribution < -0.4 is 0 Å². The van der Waals surface area contributed by atoms with E-state index in [1.807, 2.05) is 6.08 Å². The summed E-state index contributed by atoms with van der Waals surface area (Å²) in [6.45, 7) is 18.6. The molecule has 0 bridgehead atoms. The summed E-state index contributed by atoms with van der Waals surface area (Å²) in [4.78, 5) is 35.6. The van der Waals surface area contributed by atoms with E-state index in [0.717, 1.165) is 44.9 Å². The molecule has 0 saturated heterocycles. The van der Waals surface area contributed by atoms with Crippen LogP contribution in [-0.4, -0.2) is 35.2 Å². The minimum atomic E-state index is -0.867. The van der Waals surface area contributed by atoms with E-state index in [-0.39, 0.29) is 45.8 Å². The highest BCUT2D eigenvalue weighted by atomic mass is 16.5. The predicted octanol–water partition coefficient (Wildman–Crippen LogP) is 7.43. The van der Waals surface area contributed by atoms with Gasteiger partial charge in [0.2, 0.25) is 0 Å². The van der Waals surface area contributed by atoms with E-state index in [2.05, 4.69) is 53.7 Å². The first-order valence-corrected chi connectivity index (χ1v) is 15.2. The number of hydrogen-bond acceptors (Lipinski definition) is 5. The SMILES string of the molecule is CC(=O)O[C@H]1C[C@H]([C@H](C)CC/C=C(/C)C(=O)O)[C@@]2(C)CC=C3C(=CC[C@H]4C(C)(C)[C@H](OC(C)=O)CC[C@]34C)[C@]12C. The molecule has 0 radical (unpaired) electrons. The topological polar surface area (TPSA) is 89.9 Å². The van der Waals surface area contributed by atoms with Gasteiger partial charge in [0.25, 0.3) is 0 Å². The maximum Gasteiger partial charge on any atom is 0.330 e. The molecule has 2 saturated carbocycles. The van der Waals surface area contributed by atoms with Gasteiger partial charge < -0.3 is 14.6 Å². The fourth-order valence-corrected chi connectivity index (χ4v) is 9.52. The lowest BCUT2D eigenvalue weighted by atomic mass is 9.44. The van der Waals surface area contributed by atoms with E-state index >= 15 is 0 Å². The molecule has 0 aromatic rings. The Kier molecular flexibility index (Phi) is 8.01. The molecule has 40 heavy (non-hydrogen) atoms. The number of rotatable bonds is 7. The summed E-state index contributed by atoms with van der Waals surface area (Å²) in [6.07, 6.45) is 12.5. The van der Waals surface area contributed by atoms with E-state index in [9.17, 15) is 19.5 Å². The van der Waals surface area contributed by atoms with Crippen LogP contribution in [0.5, 0.6) is 0 Å². The summed E-state index contributed by atoms with van der Waals surface area (Å²) in [5.41, 5.74) is 2.53. The third kappa shape index (κ3) is 4.67. The first-order chi connectivity index (χ1) is 18.5. The fraction of sp³-hybridized carbons (Fsp3) is 0.735. The molecule has 2 fully saturated rings. The Labute approximate surface area is 240 Å². The zero-order chi connectivity index (χ0) is 29.8. The Hall–Kier alpha value is -2.37. The smallest absolute Gasteiger partial charge is 0.330 e. The van der Waals surface area contributed by atoms with E-state index in [1.54, 1.807) is 6.92 Å². The van der Waals surface area contributed by atoms with Crippen LogP contribution in [0.1, 0.15) is 107 Å². The van der Waals surface area contributed by atoms with Crippen molar-refractivity contribution in [3.05, 3.63) is 34.9 Å². The van der Waals surface area contributed by atoms with E-state index in [1.165, 1.54) is 25.0 Å². The molecule has 0 spiro atoms. The Bertz CT molecular complexity index is 1160. The summed E-state index contributed by atoms with van der Waals surface area (Å²) >= 11 is 0. The van der Waals surface area contributed by atoms with Gasteiger partial charge in [0.1, 0.15) is 12.2 Å². The monoisotopic (exact) mass is 554 g/mol. The van der Waals surface area contributed by atoms with Gasteiger partial charge in [-0.1, -0.05) is 59.8 Å². The van der Waals surface area contributed by atoms with Crippen LogP contribution >= 0.6 is 0 Å². The molecule has 4 aliphatic rings. The maximum atomic E-state index is 12.4. The normalized spacial score (nSPS) is 39.1.